The second-order valence-electron chi connectivity index (χ2n) is 5.63. The van der Waals surface area contributed by atoms with E-state index in [1.54, 1.807) is 7.11 Å². The Kier molecular flexibility index (Phi) is 6.39. The number of anilines is 1. The molecule has 0 aliphatic carbocycles. The molecular weight excluding hydrogens is 372 g/mol. The average molecular weight is 395 g/mol. The smallest absolute Gasteiger partial charge is 0.319 e. The highest BCUT2D eigenvalue weighted by Crippen LogP contribution is 2.20. The minimum atomic E-state index is -0.233. The Labute approximate surface area is 150 Å². The zero-order chi connectivity index (χ0) is 17.7. The Morgan fingerprint density at radius 1 is 1.33 bits per heavy atom. The molecule has 0 unspecified atom stereocenters. The number of hydrogen-bond donors (Lipinski definition) is 2. The number of methoxy groups -OCH3 is 1. The number of carbonyl (C=O) groups excluding carboxylic acids is 1. The summed E-state index contributed by atoms with van der Waals surface area (Å²) < 4.78 is 7.99. The third kappa shape index (κ3) is 4.58. The first-order valence-corrected chi connectivity index (χ1v) is 8.54. The summed E-state index contributed by atoms with van der Waals surface area (Å²) in [4.78, 5) is 12.1. The lowest BCUT2D eigenvalue weighted by Crippen LogP contribution is -2.28. The monoisotopic (exact) mass is 394 g/mol. The van der Waals surface area contributed by atoms with Crippen LogP contribution in [-0.4, -0.2) is 29.5 Å². The third-order valence-corrected chi connectivity index (χ3v) is 4.39. The van der Waals surface area contributed by atoms with Gasteiger partial charge >= 0.3 is 6.03 Å². The van der Waals surface area contributed by atoms with E-state index in [0.29, 0.717) is 19.7 Å². The summed E-state index contributed by atoms with van der Waals surface area (Å²) in [6, 6.07) is 5.50. The highest BCUT2D eigenvalue weighted by molar-refractivity contribution is 9.10. The third-order valence-electron chi connectivity index (χ3n) is 3.90. The normalized spacial score (nSPS) is 10.7. The van der Waals surface area contributed by atoms with Crippen molar-refractivity contribution in [2.45, 2.75) is 33.9 Å². The number of halogens is 1. The molecule has 0 saturated carbocycles. The van der Waals surface area contributed by atoms with Crippen LogP contribution in [0.4, 0.5) is 10.5 Å². The van der Waals surface area contributed by atoms with Gasteiger partial charge in [-0.3, -0.25) is 4.68 Å². The van der Waals surface area contributed by atoms with Crippen LogP contribution in [-0.2, 0) is 17.8 Å². The molecule has 0 aliphatic heterocycles. The van der Waals surface area contributed by atoms with E-state index in [0.717, 1.165) is 32.7 Å². The Hall–Kier alpha value is -1.86. The number of hydrogen-bond acceptors (Lipinski definition) is 3. The number of nitrogens with zero attached hydrogens (tertiary/aromatic N) is 2. The molecule has 2 rings (SSSR count). The SMILES string of the molecule is COCCn1nc(C)c(CNC(=O)Nc2ccc(Br)cc2C)c1C. The number of urea groups is 1. The number of carbonyl (C=O) groups is 1. The maximum absolute atomic E-state index is 12.1. The molecular formula is C17H23BrN4O2. The van der Waals surface area contributed by atoms with E-state index in [2.05, 4.69) is 31.7 Å². The summed E-state index contributed by atoms with van der Waals surface area (Å²) in [5.74, 6) is 0. The van der Waals surface area contributed by atoms with Crippen molar-refractivity contribution in [3.63, 3.8) is 0 Å². The van der Waals surface area contributed by atoms with Gasteiger partial charge in [0, 0.05) is 35.1 Å². The highest BCUT2D eigenvalue weighted by Gasteiger charge is 2.12. The fraction of sp³-hybridized carbons (Fsp3) is 0.412. The van der Waals surface area contributed by atoms with Gasteiger partial charge in [0.1, 0.15) is 0 Å². The van der Waals surface area contributed by atoms with Gasteiger partial charge in [0.05, 0.1) is 18.8 Å². The molecule has 1 heterocycles. The first-order chi connectivity index (χ1) is 11.4. The zero-order valence-electron chi connectivity index (χ0n) is 14.4. The molecule has 0 saturated heterocycles. The van der Waals surface area contributed by atoms with Crippen LogP contribution in [0.1, 0.15) is 22.5 Å². The van der Waals surface area contributed by atoms with Crippen molar-refractivity contribution in [2.24, 2.45) is 0 Å². The fourth-order valence-corrected chi connectivity index (χ4v) is 2.96. The van der Waals surface area contributed by atoms with Gasteiger partial charge in [-0.15, -0.1) is 0 Å². The Balaban J connectivity index is 1.97. The number of aromatic nitrogens is 2. The number of rotatable bonds is 6. The van der Waals surface area contributed by atoms with Crippen molar-refractivity contribution in [1.82, 2.24) is 15.1 Å². The Bertz CT molecular complexity index is 728. The van der Waals surface area contributed by atoms with Crippen LogP contribution in [0.5, 0.6) is 0 Å². The summed E-state index contributed by atoms with van der Waals surface area (Å²) in [5.41, 5.74) is 4.79. The van der Waals surface area contributed by atoms with Gasteiger partial charge in [-0.25, -0.2) is 4.79 Å². The minimum Gasteiger partial charge on any atom is -0.383 e. The van der Waals surface area contributed by atoms with Gasteiger partial charge in [-0.2, -0.15) is 5.10 Å². The standard InChI is InChI=1S/C17H23BrN4O2/c1-11-9-14(18)5-6-16(11)20-17(23)19-10-15-12(2)21-22(13(15)3)7-8-24-4/h5-6,9H,7-8,10H2,1-4H3,(H2,19,20,23). The summed E-state index contributed by atoms with van der Waals surface area (Å²) in [6.07, 6.45) is 0. The molecule has 2 aromatic rings. The molecule has 7 heteroatoms. The molecule has 1 aromatic heterocycles. The van der Waals surface area contributed by atoms with Gasteiger partial charge < -0.3 is 15.4 Å². The van der Waals surface area contributed by atoms with Crippen LogP contribution in [0.25, 0.3) is 0 Å². The molecule has 1 aromatic carbocycles. The maximum atomic E-state index is 12.1. The van der Waals surface area contributed by atoms with Crippen molar-refractivity contribution in [2.75, 3.05) is 19.0 Å². The first-order valence-electron chi connectivity index (χ1n) is 7.75. The largest absolute Gasteiger partial charge is 0.383 e. The molecule has 6 nitrogen and oxygen atoms in total. The van der Waals surface area contributed by atoms with E-state index in [4.69, 9.17) is 4.74 Å². The maximum Gasteiger partial charge on any atom is 0.319 e. The molecule has 0 bridgehead atoms. The first kappa shape index (κ1) is 18.5. The van der Waals surface area contributed by atoms with Gasteiger partial charge in [-0.1, -0.05) is 15.9 Å². The minimum absolute atomic E-state index is 0.233. The molecule has 0 fully saturated rings. The predicted octanol–water partition coefficient (Wildman–Crippen LogP) is 3.54. The molecule has 2 N–H and O–H groups in total. The number of benzene rings is 1. The predicted molar refractivity (Wildman–Crippen MR) is 98.3 cm³/mol. The van der Waals surface area contributed by atoms with Crippen molar-refractivity contribution in [3.8, 4) is 0 Å². The van der Waals surface area contributed by atoms with Crippen LogP contribution in [0, 0.1) is 20.8 Å². The van der Waals surface area contributed by atoms with E-state index < -0.39 is 0 Å². The average Bonchev–Trinajstić information content (AvgIpc) is 2.80. The summed E-state index contributed by atoms with van der Waals surface area (Å²) in [5, 5.41) is 10.3. The lowest BCUT2D eigenvalue weighted by molar-refractivity contribution is 0.182. The molecule has 0 aliphatic rings. The van der Waals surface area contributed by atoms with Crippen LogP contribution in [0.2, 0.25) is 0 Å². The number of amides is 2. The van der Waals surface area contributed by atoms with Gasteiger partial charge in [0.15, 0.2) is 0 Å². The van der Waals surface area contributed by atoms with E-state index in [1.165, 1.54) is 0 Å². The molecule has 0 radical (unpaired) electrons. The van der Waals surface area contributed by atoms with Gasteiger partial charge in [0.2, 0.25) is 0 Å². The summed E-state index contributed by atoms with van der Waals surface area (Å²) in [7, 11) is 1.67. The summed E-state index contributed by atoms with van der Waals surface area (Å²) in [6.45, 7) is 7.65. The van der Waals surface area contributed by atoms with Crippen molar-refractivity contribution in [3.05, 3.63) is 45.2 Å². The molecule has 130 valence electrons. The van der Waals surface area contributed by atoms with Gasteiger partial charge in [-0.05, 0) is 44.5 Å². The number of nitrogens with one attached hydrogen (secondary N) is 2. The van der Waals surface area contributed by atoms with E-state index in [-0.39, 0.29) is 6.03 Å². The van der Waals surface area contributed by atoms with Crippen LogP contribution < -0.4 is 10.6 Å². The quantitative estimate of drug-likeness (QED) is 0.786. The Morgan fingerprint density at radius 3 is 2.75 bits per heavy atom. The summed E-state index contributed by atoms with van der Waals surface area (Å²) >= 11 is 3.41. The lowest BCUT2D eigenvalue weighted by Gasteiger charge is -2.10. The van der Waals surface area contributed by atoms with E-state index >= 15 is 0 Å². The highest BCUT2D eigenvalue weighted by atomic mass is 79.9. The number of aryl methyl sites for hydroxylation is 2. The van der Waals surface area contributed by atoms with Crippen LogP contribution in [0.3, 0.4) is 0 Å². The lowest BCUT2D eigenvalue weighted by atomic mass is 10.2. The zero-order valence-corrected chi connectivity index (χ0v) is 16.0. The topological polar surface area (TPSA) is 68.2 Å². The van der Waals surface area contributed by atoms with Crippen LogP contribution >= 0.6 is 15.9 Å². The molecule has 24 heavy (non-hydrogen) atoms. The van der Waals surface area contributed by atoms with Crippen molar-refractivity contribution < 1.29 is 9.53 Å². The van der Waals surface area contributed by atoms with Crippen molar-refractivity contribution in [1.29, 1.82) is 0 Å². The van der Waals surface area contributed by atoms with Crippen LogP contribution in [0.15, 0.2) is 22.7 Å². The van der Waals surface area contributed by atoms with Crippen molar-refractivity contribution >= 4 is 27.6 Å². The molecule has 2 amide bonds. The number of ether oxygens (including phenoxy) is 1. The second-order valence-corrected chi connectivity index (χ2v) is 6.55. The fourth-order valence-electron chi connectivity index (χ4n) is 2.49. The molecule has 0 spiro atoms. The van der Waals surface area contributed by atoms with E-state index in [1.807, 2.05) is 43.7 Å². The second kappa shape index (κ2) is 8.30. The molecule has 0 atom stereocenters. The van der Waals surface area contributed by atoms with E-state index in [9.17, 15) is 4.79 Å². The van der Waals surface area contributed by atoms with Gasteiger partial charge in [0.25, 0.3) is 0 Å². The Morgan fingerprint density at radius 2 is 2.08 bits per heavy atom.